The van der Waals surface area contributed by atoms with E-state index in [4.69, 9.17) is 4.74 Å². The van der Waals surface area contributed by atoms with Crippen LogP contribution in [-0.2, 0) is 0 Å². The van der Waals surface area contributed by atoms with Crippen LogP contribution in [0.1, 0.15) is 19.4 Å². The number of hydrogen-bond acceptors (Lipinski definition) is 1. The molecule has 0 aliphatic rings. The molecular weight excluding hydrogens is 148 g/mol. The summed E-state index contributed by atoms with van der Waals surface area (Å²) in [6.07, 6.45) is 1.95. The molecule has 0 amide bonds. The van der Waals surface area contributed by atoms with E-state index in [1.165, 1.54) is 5.56 Å². The third-order valence-corrected chi connectivity index (χ3v) is 1.67. The fraction of sp³-hybridized carbons (Fsp3) is 0.273. The van der Waals surface area contributed by atoms with Crippen LogP contribution in [0.3, 0.4) is 0 Å². The average molecular weight is 162 g/mol. The van der Waals surface area contributed by atoms with E-state index in [1.807, 2.05) is 38.1 Å². The van der Waals surface area contributed by atoms with Gasteiger partial charge in [-0.15, -0.1) is 0 Å². The first-order valence-electron chi connectivity index (χ1n) is 4.10. The molecule has 1 heteroatoms. The van der Waals surface area contributed by atoms with Gasteiger partial charge in [0.05, 0.1) is 5.76 Å². The third-order valence-electron chi connectivity index (χ3n) is 1.67. The molecule has 0 saturated carbocycles. The Hall–Kier alpha value is -1.24. The molecule has 1 aromatic carbocycles. The second-order valence-electron chi connectivity index (χ2n) is 2.82. The minimum Gasteiger partial charge on any atom is -0.462 e. The number of ether oxygens (including phenoxy) is 1. The van der Waals surface area contributed by atoms with Crippen LogP contribution in [0.15, 0.2) is 36.1 Å². The van der Waals surface area contributed by atoms with Gasteiger partial charge in [0.15, 0.2) is 0 Å². The molecule has 12 heavy (non-hydrogen) atoms. The molecule has 0 unspecified atom stereocenters. The Bertz CT molecular complexity index is 287. The summed E-state index contributed by atoms with van der Waals surface area (Å²) in [6, 6.07) is 8.03. The van der Waals surface area contributed by atoms with E-state index in [-0.39, 0.29) is 0 Å². The van der Waals surface area contributed by atoms with Gasteiger partial charge in [-0.2, -0.15) is 0 Å². The molecule has 0 radical (unpaired) electrons. The highest BCUT2D eigenvalue weighted by Crippen LogP contribution is 2.14. The lowest BCUT2D eigenvalue weighted by molar-refractivity contribution is 0.426. The van der Waals surface area contributed by atoms with Crippen LogP contribution in [0, 0.1) is 6.92 Å². The second-order valence-corrected chi connectivity index (χ2v) is 2.82. The lowest BCUT2D eigenvalue weighted by Gasteiger charge is -2.05. The van der Waals surface area contributed by atoms with E-state index in [2.05, 4.69) is 13.0 Å². The molecule has 0 atom stereocenters. The van der Waals surface area contributed by atoms with Crippen molar-refractivity contribution in [2.75, 3.05) is 0 Å². The van der Waals surface area contributed by atoms with Crippen molar-refractivity contribution in [3.05, 3.63) is 41.7 Å². The number of rotatable bonds is 2. The minimum atomic E-state index is 0.908. The number of aryl methyl sites for hydroxylation is 1. The highest BCUT2D eigenvalue weighted by Gasteiger charge is 1.93. The van der Waals surface area contributed by atoms with Crippen molar-refractivity contribution in [1.82, 2.24) is 0 Å². The van der Waals surface area contributed by atoms with Gasteiger partial charge in [0, 0.05) is 0 Å². The van der Waals surface area contributed by atoms with E-state index < -0.39 is 0 Å². The zero-order valence-corrected chi connectivity index (χ0v) is 7.79. The van der Waals surface area contributed by atoms with Crippen molar-refractivity contribution >= 4 is 0 Å². The standard InChI is InChI=1S/C11H14O/c1-4-10(3)12-11-7-5-6-9(2)8-11/h4-8H,1-3H3. The zero-order chi connectivity index (χ0) is 8.97. The highest BCUT2D eigenvalue weighted by atomic mass is 16.5. The van der Waals surface area contributed by atoms with Gasteiger partial charge in [0.2, 0.25) is 0 Å². The van der Waals surface area contributed by atoms with Gasteiger partial charge in [-0.25, -0.2) is 0 Å². The SMILES string of the molecule is CC=C(C)Oc1cccc(C)c1. The topological polar surface area (TPSA) is 9.23 Å². The number of benzene rings is 1. The Morgan fingerprint density at radius 1 is 1.42 bits per heavy atom. The molecule has 0 N–H and O–H groups in total. The Kier molecular flexibility index (Phi) is 2.92. The number of allylic oxidation sites excluding steroid dienone is 2. The fourth-order valence-corrected chi connectivity index (χ4v) is 0.924. The monoisotopic (exact) mass is 162 g/mol. The average Bonchev–Trinajstić information content (AvgIpc) is 2.04. The molecule has 0 heterocycles. The predicted octanol–water partition coefficient (Wildman–Crippen LogP) is 3.30. The minimum absolute atomic E-state index is 0.908. The fourth-order valence-electron chi connectivity index (χ4n) is 0.924. The maximum absolute atomic E-state index is 5.51. The summed E-state index contributed by atoms with van der Waals surface area (Å²) in [6.45, 7) is 5.96. The first kappa shape index (κ1) is 8.85. The van der Waals surface area contributed by atoms with Crippen molar-refractivity contribution in [2.24, 2.45) is 0 Å². The number of hydrogen-bond donors (Lipinski definition) is 0. The van der Waals surface area contributed by atoms with Crippen LogP contribution in [0.25, 0.3) is 0 Å². The van der Waals surface area contributed by atoms with Gasteiger partial charge in [-0.1, -0.05) is 12.1 Å². The second kappa shape index (κ2) is 3.96. The zero-order valence-electron chi connectivity index (χ0n) is 7.79. The lowest BCUT2D eigenvalue weighted by Crippen LogP contribution is -1.89. The molecule has 0 aromatic heterocycles. The van der Waals surface area contributed by atoms with E-state index in [9.17, 15) is 0 Å². The van der Waals surface area contributed by atoms with Gasteiger partial charge in [0.1, 0.15) is 5.75 Å². The van der Waals surface area contributed by atoms with Crippen molar-refractivity contribution in [1.29, 1.82) is 0 Å². The van der Waals surface area contributed by atoms with Crippen LogP contribution < -0.4 is 4.74 Å². The quantitative estimate of drug-likeness (QED) is 0.606. The van der Waals surface area contributed by atoms with Crippen molar-refractivity contribution in [3.63, 3.8) is 0 Å². The summed E-state index contributed by atoms with van der Waals surface area (Å²) in [4.78, 5) is 0. The largest absolute Gasteiger partial charge is 0.462 e. The van der Waals surface area contributed by atoms with E-state index in [0.717, 1.165) is 11.5 Å². The first-order valence-corrected chi connectivity index (χ1v) is 4.10. The van der Waals surface area contributed by atoms with Crippen LogP contribution in [0.4, 0.5) is 0 Å². The Balaban J connectivity index is 2.76. The summed E-state index contributed by atoms with van der Waals surface area (Å²) in [5.41, 5.74) is 1.22. The molecule has 1 nitrogen and oxygen atoms in total. The molecule has 0 spiro atoms. The summed E-state index contributed by atoms with van der Waals surface area (Å²) in [5.74, 6) is 1.84. The smallest absolute Gasteiger partial charge is 0.127 e. The summed E-state index contributed by atoms with van der Waals surface area (Å²) >= 11 is 0. The van der Waals surface area contributed by atoms with Crippen molar-refractivity contribution in [2.45, 2.75) is 20.8 Å². The van der Waals surface area contributed by atoms with Gasteiger partial charge < -0.3 is 4.74 Å². The lowest BCUT2D eigenvalue weighted by atomic mass is 10.2. The summed E-state index contributed by atoms with van der Waals surface area (Å²) < 4.78 is 5.51. The van der Waals surface area contributed by atoms with Crippen LogP contribution >= 0.6 is 0 Å². The summed E-state index contributed by atoms with van der Waals surface area (Å²) in [7, 11) is 0. The normalized spacial score (nSPS) is 11.4. The van der Waals surface area contributed by atoms with Crippen molar-refractivity contribution < 1.29 is 4.74 Å². The van der Waals surface area contributed by atoms with Crippen molar-refractivity contribution in [3.8, 4) is 5.75 Å². The third kappa shape index (κ3) is 2.42. The molecule has 1 aromatic rings. The molecule has 0 aliphatic heterocycles. The van der Waals surface area contributed by atoms with Crippen LogP contribution in [0.2, 0.25) is 0 Å². The Morgan fingerprint density at radius 3 is 2.75 bits per heavy atom. The first-order chi connectivity index (χ1) is 5.72. The van der Waals surface area contributed by atoms with E-state index in [1.54, 1.807) is 0 Å². The van der Waals surface area contributed by atoms with E-state index >= 15 is 0 Å². The maximum Gasteiger partial charge on any atom is 0.127 e. The Labute approximate surface area is 73.7 Å². The molecule has 0 saturated heterocycles. The van der Waals surface area contributed by atoms with Gasteiger partial charge in [-0.3, -0.25) is 0 Å². The molecule has 64 valence electrons. The molecule has 0 bridgehead atoms. The van der Waals surface area contributed by atoms with Gasteiger partial charge in [-0.05, 0) is 44.5 Å². The highest BCUT2D eigenvalue weighted by molar-refractivity contribution is 5.28. The predicted molar refractivity (Wildman–Crippen MR) is 51.2 cm³/mol. The summed E-state index contributed by atoms with van der Waals surface area (Å²) in [5, 5.41) is 0. The molecular formula is C11H14O. The van der Waals surface area contributed by atoms with Gasteiger partial charge >= 0.3 is 0 Å². The maximum atomic E-state index is 5.51. The molecule has 1 rings (SSSR count). The van der Waals surface area contributed by atoms with E-state index in [0.29, 0.717) is 0 Å². The van der Waals surface area contributed by atoms with Gasteiger partial charge in [0.25, 0.3) is 0 Å². The van der Waals surface area contributed by atoms with Crippen LogP contribution in [-0.4, -0.2) is 0 Å². The molecule has 0 fully saturated rings. The Morgan fingerprint density at radius 2 is 2.17 bits per heavy atom. The molecule has 0 aliphatic carbocycles. The van der Waals surface area contributed by atoms with Crippen LogP contribution in [0.5, 0.6) is 5.75 Å².